The second kappa shape index (κ2) is 8.41. The molecule has 3 heterocycles. The summed E-state index contributed by atoms with van der Waals surface area (Å²) in [6, 6.07) is 13.5. The highest BCUT2D eigenvalue weighted by Gasteiger charge is 2.12. The van der Waals surface area contributed by atoms with Crippen LogP contribution >= 0.6 is 23.1 Å². The smallest absolute Gasteiger partial charge is 0.262 e. The second-order valence-electron chi connectivity index (χ2n) is 5.97. The number of carbonyl (C=O) groups excluding carboxylic acids is 1. The summed E-state index contributed by atoms with van der Waals surface area (Å²) < 4.78 is 1.62. The van der Waals surface area contributed by atoms with Gasteiger partial charge in [-0.25, -0.2) is 9.67 Å². The lowest BCUT2D eigenvalue weighted by Gasteiger charge is -2.05. The molecule has 7 nitrogen and oxygen atoms in total. The summed E-state index contributed by atoms with van der Waals surface area (Å²) in [4.78, 5) is 32.8. The highest BCUT2D eigenvalue weighted by atomic mass is 32.2. The predicted molar refractivity (Wildman–Crippen MR) is 111 cm³/mol. The first-order chi connectivity index (χ1) is 13.7. The summed E-state index contributed by atoms with van der Waals surface area (Å²) in [6.45, 7) is 0.587. The van der Waals surface area contributed by atoms with E-state index in [-0.39, 0.29) is 17.2 Å². The van der Waals surface area contributed by atoms with E-state index in [1.807, 2.05) is 47.8 Å². The van der Waals surface area contributed by atoms with Gasteiger partial charge >= 0.3 is 0 Å². The van der Waals surface area contributed by atoms with Crippen molar-refractivity contribution in [3.8, 4) is 5.69 Å². The maximum Gasteiger partial charge on any atom is 0.262 e. The topological polar surface area (TPSA) is 92.7 Å². The fourth-order valence-electron chi connectivity index (χ4n) is 2.69. The number of benzene rings is 1. The van der Waals surface area contributed by atoms with Gasteiger partial charge in [0, 0.05) is 11.4 Å². The normalized spacial score (nSPS) is 11.0. The van der Waals surface area contributed by atoms with Crippen LogP contribution in [0.15, 0.2) is 64.0 Å². The molecule has 4 aromatic rings. The first kappa shape index (κ1) is 18.5. The minimum absolute atomic E-state index is 0.0964. The third kappa shape index (κ3) is 4.15. The molecular weight excluding hydrogens is 394 g/mol. The standard InChI is InChI=1S/C19H17N5O2S2/c25-16(20-9-8-14-7-4-10-27-14)12-28-19-22-17-15(18(26)23-19)11-21-24(17)13-5-2-1-3-6-13/h1-7,10-11H,8-9,12H2,(H,20,25)(H,22,23,26). The quantitative estimate of drug-likeness (QED) is 0.360. The lowest BCUT2D eigenvalue weighted by molar-refractivity contribution is -0.118. The number of nitrogens with one attached hydrogen (secondary N) is 2. The van der Waals surface area contributed by atoms with Crippen LogP contribution in [0.25, 0.3) is 16.7 Å². The van der Waals surface area contributed by atoms with Gasteiger partial charge in [0.2, 0.25) is 5.91 Å². The Bertz CT molecular complexity index is 1140. The first-order valence-electron chi connectivity index (χ1n) is 8.66. The van der Waals surface area contributed by atoms with E-state index in [0.717, 1.165) is 12.1 Å². The molecule has 4 rings (SSSR count). The minimum Gasteiger partial charge on any atom is -0.355 e. The van der Waals surface area contributed by atoms with Crippen molar-refractivity contribution in [2.45, 2.75) is 11.6 Å². The Morgan fingerprint density at radius 2 is 2.07 bits per heavy atom. The van der Waals surface area contributed by atoms with Gasteiger partial charge in [0.05, 0.1) is 17.6 Å². The number of thiophene rings is 1. The monoisotopic (exact) mass is 411 g/mol. The van der Waals surface area contributed by atoms with Crippen molar-refractivity contribution in [3.05, 3.63) is 69.3 Å². The van der Waals surface area contributed by atoms with Crippen LogP contribution in [-0.4, -0.2) is 38.0 Å². The van der Waals surface area contributed by atoms with Gasteiger partial charge in [-0.1, -0.05) is 36.0 Å². The van der Waals surface area contributed by atoms with Crippen LogP contribution in [0, 0.1) is 0 Å². The number of fused-ring (bicyclic) bond motifs is 1. The molecule has 3 aromatic heterocycles. The van der Waals surface area contributed by atoms with Crippen molar-refractivity contribution >= 4 is 40.0 Å². The summed E-state index contributed by atoms with van der Waals surface area (Å²) in [5, 5.41) is 9.98. The van der Waals surface area contributed by atoms with Crippen LogP contribution in [0.5, 0.6) is 0 Å². The molecule has 0 bridgehead atoms. The van der Waals surface area contributed by atoms with Gasteiger partial charge in [0.1, 0.15) is 5.39 Å². The van der Waals surface area contributed by atoms with Crippen LogP contribution in [0.3, 0.4) is 0 Å². The van der Waals surface area contributed by atoms with Crippen LogP contribution in [0.4, 0.5) is 0 Å². The molecule has 1 amide bonds. The van der Waals surface area contributed by atoms with E-state index in [1.54, 1.807) is 16.0 Å². The Kier molecular flexibility index (Phi) is 5.54. The van der Waals surface area contributed by atoms with Gasteiger partial charge in [-0.05, 0) is 30.0 Å². The van der Waals surface area contributed by atoms with E-state index in [2.05, 4.69) is 20.4 Å². The fourth-order valence-corrected chi connectivity index (χ4v) is 4.08. The molecule has 0 aliphatic carbocycles. The fraction of sp³-hybridized carbons (Fsp3) is 0.158. The number of aromatic nitrogens is 4. The molecule has 0 aliphatic rings. The van der Waals surface area contributed by atoms with E-state index in [4.69, 9.17) is 0 Å². The summed E-state index contributed by atoms with van der Waals surface area (Å²) >= 11 is 2.87. The molecular formula is C19H17N5O2S2. The molecule has 0 spiro atoms. The third-order valence-electron chi connectivity index (χ3n) is 4.03. The van der Waals surface area contributed by atoms with E-state index in [0.29, 0.717) is 22.7 Å². The van der Waals surface area contributed by atoms with Crippen molar-refractivity contribution in [2.75, 3.05) is 12.3 Å². The van der Waals surface area contributed by atoms with Crippen molar-refractivity contribution in [1.82, 2.24) is 25.1 Å². The Labute approximate surface area is 168 Å². The van der Waals surface area contributed by atoms with Gasteiger partial charge < -0.3 is 10.3 Å². The number of carbonyl (C=O) groups is 1. The maximum atomic E-state index is 12.3. The zero-order chi connectivity index (χ0) is 19.3. The van der Waals surface area contributed by atoms with Crippen LogP contribution in [0.1, 0.15) is 4.88 Å². The molecule has 0 unspecified atom stereocenters. The van der Waals surface area contributed by atoms with E-state index in [9.17, 15) is 9.59 Å². The third-order valence-corrected chi connectivity index (χ3v) is 5.84. The van der Waals surface area contributed by atoms with Gasteiger partial charge in [0.25, 0.3) is 5.56 Å². The van der Waals surface area contributed by atoms with E-state index in [1.165, 1.54) is 22.8 Å². The van der Waals surface area contributed by atoms with Crippen molar-refractivity contribution in [1.29, 1.82) is 0 Å². The number of para-hydroxylation sites is 1. The number of hydrogen-bond donors (Lipinski definition) is 2. The average molecular weight is 412 g/mol. The SMILES string of the molecule is O=C(CSc1nc2c(cnn2-c2ccccc2)c(=O)[nH]1)NCCc1cccs1. The van der Waals surface area contributed by atoms with Gasteiger partial charge in [-0.2, -0.15) is 5.10 Å². The number of hydrogen-bond acceptors (Lipinski definition) is 6. The molecule has 1 aromatic carbocycles. The average Bonchev–Trinajstić information content (AvgIpc) is 3.37. The van der Waals surface area contributed by atoms with Crippen molar-refractivity contribution < 1.29 is 4.79 Å². The first-order valence-corrected chi connectivity index (χ1v) is 10.5. The zero-order valence-electron chi connectivity index (χ0n) is 14.8. The van der Waals surface area contributed by atoms with Gasteiger partial charge in [-0.15, -0.1) is 11.3 Å². The van der Waals surface area contributed by atoms with Crippen molar-refractivity contribution in [3.63, 3.8) is 0 Å². The molecule has 0 saturated carbocycles. The summed E-state index contributed by atoms with van der Waals surface area (Å²) in [6.07, 6.45) is 2.31. The minimum atomic E-state index is -0.271. The number of nitrogens with zero attached hydrogens (tertiary/aromatic N) is 3. The Morgan fingerprint density at radius 3 is 2.86 bits per heavy atom. The van der Waals surface area contributed by atoms with Crippen LogP contribution < -0.4 is 10.9 Å². The molecule has 9 heteroatoms. The van der Waals surface area contributed by atoms with Gasteiger partial charge in [-0.3, -0.25) is 9.59 Å². The molecule has 0 saturated heterocycles. The van der Waals surface area contributed by atoms with E-state index >= 15 is 0 Å². The summed E-state index contributed by atoms with van der Waals surface area (Å²) in [7, 11) is 0. The van der Waals surface area contributed by atoms with Crippen molar-refractivity contribution in [2.24, 2.45) is 0 Å². The lowest BCUT2D eigenvalue weighted by atomic mass is 10.3. The molecule has 0 aliphatic heterocycles. The number of thioether (sulfide) groups is 1. The van der Waals surface area contributed by atoms with Crippen LogP contribution in [0.2, 0.25) is 0 Å². The number of rotatable bonds is 7. The van der Waals surface area contributed by atoms with Gasteiger partial charge in [0.15, 0.2) is 10.8 Å². The largest absolute Gasteiger partial charge is 0.355 e. The van der Waals surface area contributed by atoms with E-state index < -0.39 is 0 Å². The highest BCUT2D eigenvalue weighted by molar-refractivity contribution is 7.99. The summed E-state index contributed by atoms with van der Waals surface area (Å²) in [5.74, 6) is 0.0825. The Morgan fingerprint density at radius 1 is 1.21 bits per heavy atom. The summed E-state index contributed by atoms with van der Waals surface area (Å²) in [5.41, 5.74) is 1.02. The number of aromatic amines is 1. The lowest BCUT2D eigenvalue weighted by Crippen LogP contribution is -2.27. The Balaban J connectivity index is 1.44. The highest BCUT2D eigenvalue weighted by Crippen LogP contribution is 2.17. The molecule has 0 radical (unpaired) electrons. The zero-order valence-corrected chi connectivity index (χ0v) is 16.4. The maximum absolute atomic E-state index is 12.3. The number of H-pyrrole nitrogens is 1. The molecule has 0 fully saturated rings. The Hall–Kier alpha value is -2.91. The molecule has 28 heavy (non-hydrogen) atoms. The molecule has 142 valence electrons. The second-order valence-corrected chi connectivity index (χ2v) is 7.96. The van der Waals surface area contributed by atoms with Crippen LogP contribution in [-0.2, 0) is 11.2 Å². The predicted octanol–water partition coefficient (Wildman–Crippen LogP) is 2.62. The number of amides is 1. The molecule has 0 atom stereocenters. The molecule has 2 N–H and O–H groups in total.